The molecule has 3 heteroatoms. The smallest absolute Gasteiger partial charge is 0.147 e. The molecule has 106 valence electrons. The molecule has 2 aromatic carbocycles. The van der Waals surface area contributed by atoms with Gasteiger partial charge in [-0.05, 0) is 36.2 Å². The summed E-state index contributed by atoms with van der Waals surface area (Å²) in [5.41, 5.74) is 4.50. The molecule has 0 bridgehead atoms. The van der Waals surface area contributed by atoms with E-state index in [1.54, 1.807) is 6.07 Å². The Kier molecular flexibility index (Phi) is 2.82. The molecule has 0 unspecified atom stereocenters. The molecule has 2 nitrogen and oxygen atoms in total. The van der Waals surface area contributed by atoms with Crippen molar-refractivity contribution in [2.75, 3.05) is 7.05 Å². The zero-order valence-corrected chi connectivity index (χ0v) is 11.9. The van der Waals surface area contributed by atoms with Crippen molar-refractivity contribution < 1.29 is 4.39 Å². The quantitative estimate of drug-likeness (QED) is 0.726. The molecule has 1 aliphatic rings. The van der Waals surface area contributed by atoms with Crippen LogP contribution >= 0.6 is 0 Å². The third-order valence-electron chi connectivity index (χ3n) is 4.64. The van der Waals surface area contributed by atoms with Crippen LogP contribution in [0.15, 0.2) is 48.7 Å². The molecule has 2 atom stereocenters. The number of nitrogens with one attached hydrogen (secondary N) is 2. The Balaban J connectivity index is 1.89. The highest BCUT2D eigenvalue weighted by Gasteiger charge is 2.32. The first-order valence-corrected chi connectivity index (χ1v) is 7.31. The summed E-state index contributed by atoms with van der Waals surface area (Å²) >= 11 is 0. The Morgan fingerprint density at radius 3 is 2.67 bits per heavy atom. The van der Waals surface area contributed by atoms with E-state index in [0.29, 0.717) is 17.5 Å². The summed E-state index contributed by atoms with van der Waals surface area (Å²) in [5.74, 6) is 0.129. The van der Waals surface area contributed by atoms with E-state index in [0.717, 1.165) is 11.8 Å². The molecule has 0 radical (unpaired) electrons. The maximum absolute atomic E-state index is 13.9. The predicted molar refractivity (Wildman–Crippen MR) is 83.0 cm³/mol. The Labute approximate surface area is 123 Å². The molecule has 3 aromatic rings. The third-order valence-corrected chi connectivity index (χ3v) is 4.64. The number of hydrogen-bond donors (Lipinski definition) is 2. The number of benzene rings is 2. The third kappa shape index (κ3) is 1.81. The van der Waals surface area contributed by atoms with Crippen molar-refractivity contribution in [1.29, 1.82) is 0 Å². The zero-order valence-electron chi connectivity index (χ0n) is 11.9. The van der Waals surface area contributed by atoms with Crippen LogP contribution in [0.5, 0.6) is 0 Å². The first-order chi connectivity index (χ1) is 10.3. The van der Waals surface area contributed by atoms with Gasteiger partial charge in [-0.25, -0.2) is 4.39 Å². The van der Waals surface area contributed by atoms with E-state index >= 15 is 0 Å². The molecule has 0 saturated carbocycles. The molecular weight excluding hydrogens is 263 g/mol. The molecule has 1 aromatic heterocycles. The number of halogens is 1. The van der Waals surface area contributed by atoms with Crippen molar-refractivity contribution in [2.24, 2.45) is 0 Å². The minimum absolute atomic E-state index is 0.185. The van der Waals surface area contributed by atoms with Crippen LogP contribution < -0.4 is 5.32 Å². The number of para-hydroxylation sites is 1. The Morgan fingerprint density at radius 2 is 1.86 bits per heavy atom. The summed E-state index contributed by atoms with van der Waals surface area (Å²) in [4.78, 5) is 3.10. The van der Waals surface area contributed by atoms with E-state index in [1.807, 2.05) is 19.3 Å². The van der Waals surface area contributed by atoms with E-state index in [-0.39, 0.29) is 5.82 Å². The van der Waals surface area contributed by atoms with E-state index in [9.17, 15) is 4.39 Å². The Morgan fingerprint density at radius 1 is 1.05 bits per heavy atom. The van der Waals surface area contributed by atoms with Gasteiger partial charge in [0.2, 0.25) is 0 Å². The van der Waals surface area contributed by atoms with Crippen molar-refractivity contribution in [1.82, 2.24) is 10.3 Å². The summed E-state index contributed by atoms with van der Waals surface area (Å²) in [7, 11) is 2.00. The molecule has 0 spiro atoms. The van der Waals surface area contributed by atoms with Crippen LogP contribution in [0.25, 0.3) is 10.9 Å². The van der Waals surface area contributed by atoms with Crippen molar-refractivity contribution >= 4 is 10.9 Å². The van der Waals surface area contributed by atoms with Crippen LogP contribution in [0.3, 0.4) is 0 Å². The molecule has 0 fully saturated rings. The predicted octanol–water partition coefficient (Wildman–Crippen LogP) is 4.10. The van der Waals surface area contributed by atoms with Gasteiger partial charge in [-0.1, -0.05) is 36.4 Å². The molecule has 0 amide bonds. The van der Waals surface area contributed by atoms with Gasteiger partial charge in [0.15, 0.2) is 0 Å². The van der Waals surface area contributed by atoms with Gasteiger partial charge < -0.3 is 10.3 Å². The lowest BCUT2D eigenvalue weighted by Gasteiger charge is -2.11. The summed E-state index contributed by atoms with van der Waals surface area (Å²) in [6.07, 6.45) is 2.98. The van der Waals surface area contributed by atoms with Gasteiger partial charge >= 0.3 is 0 Å². The van der Waals surface area contributed by atoms with Crippen molar-refractivity contribution in [2.45, 2.75) is 18.4 Å². The standard InChI is InChI=1S/C18H17FN2/c1-20-17-9-14(11-5-2-3-6-12(11)17)15-10-21-18-13(15)7-4-8-16(18)19/h2-8,10,14,17,20-21H,9H2,1H3/t14-,17+/m0/s1. The molecule has 0 saturated heterocycles. The van der Waals surface area contributed by atoms with E-state index < -0.39 is 0 Å². The SMILES string of the molecule is CN[C@@H]1C[C@H](c2c[nH]c3c(F)cccc23)c2ccccc21. The number of aromatic amines is 1. The first-order valence-electron chi connectivity index (χ1n) is 7.31. The van der Waals surface area contributed by atoms with Crippen LogP contribution in [0.2, 0.25) is 0 Å². The normalized spacial score (nSPS) is 20.9. The molecule has 1 aliphatic carbocycles. The van der Waals surface area contributed by atoms with Gasteiger partial charge in [0, 0.05) is 23.5 Å². The van der Waals surface area contributed by atoms with E-state index in [1.165, 1.54) is 22.8 Å². The highest BCUT2D eigenvalue weighted by atomic mass is 19.1. The second-order valence-electron chi connectivity index (χ2n) is 5.66. The number of hydrogen-bond acceptors (Lipinski definition) is 1. The Bertz CT molecular complexity index is 806. The average Bonchev–Trinajstić information content (AvgIpc) is 3.09. The number of rotatable bonds is 2. The van der Waals surface area contributed by atoms with Gasteiger partial charge in [-0.15, -0.1) is 0 Å². The fourth-order valence-corrected chi connectivity index (χ4v) is 3.63. The first kappa shape index (κ1) is 12.6. The maximum atomic E-state index is 13.9. The minimum atomic E-state index is -0.185. The largest absolute Gasteiger partial charge is 0.358 e. The summed E-state index contributed by atoms with van der Waals surface area (Å²) < 4.78 is 13.9. The second-order valence-corrected chi connectivity index (χ2v) is 5.66. The van der Waals surface area contributed by atoms with Crippen LogP contribution in [0, 0.1) is 5.82 Å². The lowest BCUT2D eigenvalue weighted by molar-refractivity contribution is 0.566. The van der Waals surface area contributed by atoms with Crippen molar-refractivity contribution in [3.05, 3.63) is 71.2 Å². The van der Waals surface area contributed by atoms with Gasteiger partial charge in [0.05, 0.1) is 5.52 Å². The molecule has 4 rings (SSSR count). The van der Waals surface area contributed by atoms with Crippen LogP contribution in [-0.2, 0) is 0 Å². The van der Waals surface area contributed by atoms with Gasteiger partial charge in [-0.3, -0.25) is 0 Å². The molecule has 2 N–H and O–H groups in total. The lowest BCUT2D eigenvalue weighted by atomic mass is 9.92. The molecular formula is C18H17FN2. The van der Waals surface area contributed by atoms with Crippen LogP contribution in [0.4, 0.5) is 4.39 Å². The number of H-pyrrole nitrogens is 1. The summed E-state index contributed by atoms with van der Waals surface area (Å²) in [5, 5.41) is 4.38. The molecule has 21 heavy (non-hydrogen) atoms. The average molecular weight is 280 g/mol. The highest BCUT2D eigenvalue weighted by molar-refractivity contribution is 5.85. The second kappa shape index (κ2) is 4.71. The van der Waals surface area contributed by atoms with E-state index in [4.69, 9.17) is 0 Å². The van der Waals surface area contributed by atoms with E-state index in [2.05, 4.69) is 34.6 Å². The molecule has 1 heterocycles. The fraction of sp³-hybridized carbons (Fsp3) is 0.222. The fourth-order valence-electron chi connectivity index (χ4n) is 3.63. The minimum Gasteiger partial charge on any atom is -0.358 e. The van der Waals surface area contributed by atoms with Gasteiger partial charge in [-0.2, -0.15) is 0 Å². The highest BCUT2D eigenvalue weighted by Crippen LogP contribution is 2.45. The van der Waals surface area contributed by atoms with Crippen LogP contribution in [0.1, 0.15) is 35.1 Å². The van der Waals surface area contributed by atoms with Crippen LogP contribution in [-0.4, -0.2) is 12.0 Å². The summed E-state index contributed by atoms with van der Waals surface area (Å²) in [6, 6.07) is 14.2. The van der Waals surface area contributed by atoms with Crippen molar-refractivity contribution in [3.8, 4) is 0 Å². The summed E-state index contributed by atoms with van der Waals surface area (Å²) in [6.45, 7) is 0. The maximum Gasteiger partial charge on any atom is 0.147 e. The number of aromatic nitrogens is 1. The lowest BCUT2D eigenvalue weighted by Crippen LogP contribution is -2.13. The Hall–Kier alpha value is -2.13. The molecule has 0 aliphatic heterocycles. The monoisotopic (exact) mass is 280 g/mol. The number of fused-ring (bicyclic) bond motifs is 2. The topological polar surface area (TPSA) is 27.8 Å². The van der Waals surface area contributed by atoms with Gasteiger partial charge in [0.25, 0.3) is 0 Å². The van der Waals surface area contributed by atoms with Gasteiger partial charge in [0.1, 0.15) is 5.82 Å². The van der Waals surface area contributed by atoms with Crippen molar-refractivity contribution in [3.63, 3.8) is 0 Å². The zero-order chi connectivity index (χ0) is 14.4.